The fourth-order valence-electron chi connectivity index (χ4n) is 2.82. The summed E-state index contributed by atoms with van der Waals surface area (Å²) in [6.07, 6.45) is 9.19. The summed E-state index contributed by atoms with van der Waals surface area (Å²) in [7, 11) is 0. The highest BCUT2D eigenvalue weighted by Gasteiger charge is 2.11. The molecule has 0 saturated carbocycles. The molecule has 7 nitrogen and oxygen atoms in total. The van der Waals surface area contributed by atoms with E-state index in [2.05, 4.69) is 16.7 Å². The number of nitriles is 1. The molecule has 1 atom stereocenters. The monoisotopic (exact) mass is 450 g/mol. The molecule has 1 aliphatic rings. The highest BCUT2D eigenvalue weighted by Crippen LogP contribution is 2.16. The van der Waals surface area contributed by atoms with E-state index < -0.39 is 5.82 Å². The number of hydrogen-bond acceptors (Lipinski definition) is 6. The third-order valence-electron chi connectivity index (χ3n) is 4.31. The minimum absolute atomic E-state index is 0.0426. The van der Waals surface area contributed by atoms with Gasteiger partial charge in [-0.15, -0.1) is 0 Å². The van der Waals surface area contributed by atoms with E-state index in [0.29, 0.717) is 30.2 Å². The second kappa shape index (κ2) is 12.8. The summed E-state index contributed by atoms with van der Waals surface area (Å²) in [5.74, 6) is 0.546. The molecule has 1 heterocycles. The highest BCUT2D eigenvalue weighted by atomic mass is 19.1. The Labute approximate surface area is 192 Å². The number of rotatable bonds is 8. The molecule has 172 valence electrons. The van der Waals surface area contributed by atoms with Gasteiger partial charge in [-0.3, -0.25) is 9.79 Å². The Hall–Kier alpha value is -3.99. The van der Waals surface area contributed by atoms with E-state index in [1.165, 1.54) is 29.1 Å². The van der Waals surface area contributed by atoms with Crippen molar-refractivity contribution in [3.05, 3.63) is 94.1 Å². The van der Waals surface area contributed by atoms with Crippen LogP contribution in [0, 0.1) is 17.1 Å². The lowest BCUT2D eigenvalue weighted by molar-refractivity contribution is 0.202. The topological polar surface area (TPSA) is 89.5 Å². The molecule has 2 aromatic rings. The molecule has 1 aliphatic carbocycles. The van der Waals surface area contributed by atoms with Crippen LogP contribution in [0.2, 0.25) is 0 Å². The molecule has 1 unspecified atom stereocenters. The van der Waals surface area contributed by atoms with Gasteiger partial charge < -0.3 is 9.47 Å². The zero-order chi connectivity index (χ0) is 24.2. The van der Waals surface area contributed by atoms with E-state index in [1.807, 2.05) is 39.0 Å². The van der Waals surface area contributed by atoms with Crippen LogP contribution in [-0.4, -0.2) is 28.6 Å². The summed E-state index contributed by atoms with van der Waals surface area (Å²) in [5.41, 5.74) is 0.356. The summed E-state index contributed by atoms with van der Waals surface area (Å²) in [6.45, 7) is 10.1. The average Bonchev–Trinajstić information content (AvgIpc) is 2.84. The first-order valence-corrected chi connectivity index (χ1v) is 10.6. The van der Waals surface area contributed by atoms with Gasteiger partial charge in [0.2, 0.25) is 5.43 Å². The van der Waals surface area contributed by atoms with Crippen molar-refractivity contribution >= 4 is 6.21 Å². The Kier molecular flexibility index (Phi) is 9.78. The number of ether oxygens (including phenoxy) is 2. The van der Waals surface area contributed by atoms with Crippen LogP contribution in [0.3, 0.4) is 0 Å². The lowest BCUT2D eigenvalue weighted by Crippen LogP contribution is -2.17. The van der Waals surface area contributed by atoms with Crippen molar-refractivity contribution in [1.29, 1.82) is 5.26 Å². The Morgan fingerprint density at radius 3 is 2.88 bits per heavy atom. The van der Waals surface area contributed by atoms with E-state index in [9.17, 15) is 9.18 Å². The van der Waals surface area contributed by atoms with Gasteiger partial charge in [0.25, 0.3) is 0 Å². The molecule has 0 radical (unpaired) electrons. The number of halogens is 1. The van der Waals surface area contributed by atoms with Crippen molar-refractivity contribution < 1.29 is 13.9 Å². The molecule has 33 heavy (non-hydrogen) atoms. The second-order valence-corrected chi connectivity index (χ2v) is 6.62. The predicted molar refractivity (Wildman–Crippen MR) is 126 cm³/mol. The molecule has 0 N–H and O–H groups in total. The van der Waals surface area contributed by atoms with Crippen LogP contribution < -0.4 is 5.43 Å². The van der Waals surface area contributed by atoms with Gasteiger partial charge in [0.05, 0.1) is 36.2 Å². The minimum atomic E-state index is -0.563. The third-order valence-corrected chi connectivity index (χ3v) is 4.31. The number of benzene rings is 1. The van der Waals surface area contributed by atoms with Crippen molar-refractivity contribution in [2.45, 2.75) is 39.8 Å². The van der Waals surface area contributed by atoms with Gasteiger partial charge in [0.1, 0.15) is 29.6 Å². The van der Waals surface area contributed by atoms with Crippen molar-refractivity contribution in [3.63, 3.8) is 0 Å². The van der Waals surface area contributed by atoms with E-state index in [0.717, 1.165) is 6.07 Å². The molecule has 0 fully saturated rings. The van der Waals surface area contributed by atoms with E-state index in [1.54, 1.807) is 12.3 Å². The highest BCUT2D eigenvalue weighted by molar-refractivity contribution is 5.75. The molecule has 0 bridgehead atoms. The Morgan fingerprint density at radius 1 is 1.42 bits per heavy atom. The van der Waals surface area contributed by atoms with Crippen LogP contribution in [0.4, 0.5) is 4.39 Å². The smallest absolute Gasteiger partial charge is 0.206 e. The quantitative estimate of drug-likeness (QED) is 0.432. The molecule has 0 aliphatic heterocycles. The lowest BCUT2D eigenvalue weighted by atomic mass is 10.1. The molecule has 0 amide bonds. The number of aliphatic imine (C=N–C) groups is 1. The van der Waals surface area contributed by atoms with Gasteiger partial charge in [-0.2, -0.15) is 10.4 Å². The van der Waals surface area contributed by atoms with Gasteiger partial charge in [-0.1, -0.05) is 26.5 Å². The first-order chi connectivity index (χ1) is 16.0. The van der Waals surface area contributed by atoms with Crippen LogP contribution in [0.15, 0.2) is 76.6 Å². The molecule has 0 spiro atoms. The molecule has 0 saturated heterocycles. The largest absolute Gasteiger partial charge is 0.493 e. The molecular weight excluding hydrogens is 423 g/mol. The van der Waals surface area contributed by atoms with Crippen molar-refractivity contribution in [1.82, 2.24) is 9.78 Å². The summed E-state index contributed by atoms with van der Waals surface area (Å²) in [4.78, 5) is 16.5. The van der Waals surface area contributed by atoms with E-state index >= 15 is 0 Å². The van der Waals surface area contributed by atoms with Gasteiger partial charge >= 0.3 is 0 Å². The average molecular weight is 451 g/mol. The normalized spacial score (nSPS) is 14.6. The second-order valence-electron chi connectivity index (χ2n) is 6.62. The standard InChI is InChI=1S/C23H21FN4O3.C2H6/c1-3-30-16(2)14-26-19-4-6-21(7-5-19)31-15-22-23(29)8-9-28(27-22)20-11-17(13-25)10-18(24)12-20;1-2/h4,6-12,14,19H,2-3,5,15H2,1H3;1-2H3. The fourth-order valence-corrected chi connectivity index (χ4v) is 2.82. The first-order valence-electron chi connectivity index (χ1n) is 10.6. The first kappa shape index (κ1) is 25.3. The molecule has 8 heteroatoms. The van der Waals surface area contributed by atoms with Gasteiger partial charge in [-0.25, -0.2) is 9.07 Å². The van der Waals surface area contributed by atoms with Gasteiger partial charge in [-0.05, 0) is 43.7 Å². The Bertz CT molecular complexity index is 1160. The lowest BCUT2D eigenvalue weighted by Gasteiger charge is -2.14. The van der Waals surface area contributed by atoms with Crippen LogP contribution >= 0.6 is 0 Å². The van der Waals surface area contributed by atoms with Crippen LogP contribution in [-0.2, 0) is 16.1 Å². The van der Waals surface area contributed by atoms with Crippen LogP contribution in [0.5, 0.6) is 0 Å². The maximum absolute atomic E-state index is 13.7. The SMILES string of the molecule is C=C(C=NC1C=CC(OCc2nn(-c3cc(F)cc(C#N)c3)ccc2=O)=CC1)OCC.CC. The van der Waals surface area contributed by atoms with Crippen LogP contribution in [0.1, 0.15) is 38.4 Å². The molecule has 1 aromatic carbocycles. The summed E-state index contributed by atoms with van der Waals surface area (Å²) in [6, 6.07) is 7.02. The van der Waals surface area contributed by atoms with Crippen molar-refractivity contribution in [2.24, 2.45) is 4.99 Å². The minimum Gasteiger partial charge on any atom is -0.493 e. The molecule has 1 aromatic heterocycles. The maximum atomic E-state index is 13.7. The summed E-state index contributed by atoms with van der Waals surface area (Å²) in [5, 5.41) is 13.2. The Balaban J connectivity index is 0.00000187. The number of allylic oxidation sites excluding steroid dienone is 2. The van der Waals surface area contributed by atoms with Gasteiger partial charge in [0.15, 0.2) is 0 Å². The van der Waals surface area contributed by atoms with E-state index in [4.69, 9.17) is 14.7 Å². The van der Waals surface area contributed by atoms with Crippen LogP contribution in [0.25, 0.3) is 5.69 Å². The fraction of sp³-hybridized carbons (Fsp3) is 0.280. The predicted octanol–water partition coefficient (Wildman–Crippen LogP) is 4.62. The maximum Gasteiger partial charge on any atom is 0.206 e. The van der Waals surface area contributed by atoms with Gasteiger partial charge in [0, 0.05) is 12.3 Å². The zero-order valence-corrected chi connectivity index (χ0v) is 19.0. The third kappa shape index (κ3) is 7.58. The summed E-state index contributed by atoms with van der Waals surface area (Å²) >= 11 is 0. The molecular formula is C25H27FN4O3. The number of hydrogen-bond donors (Lipinski definition) is 0. The Morgan fingerprint density at radius 2 is 2.21 bits per heavy atom. The zero-order valence-electron chi connectivity index (χ0n) is 19.0. The van der Waals surface area contributed by atoms with Crippen molar-refractivity contribution in [2.75, 3.05) is 6.61 Å². The number of nitrogens with zero attached hydrogens (tertiary/aromatic N) is 4. The number of aromatic nitrogens is 2. The van der Waals surface area contributed by atoms with Crippen molar-refractivity contribution in [3.8, 4) is 11.8 Å². The summed E-state index contributed by atoms with van der Waals surface area (Å²) < 4.78 is 26.0. The van der Waals surface area contributed by atoms with E-state index in [-0.39, 0.29) is 29.3 Å². The molecule has 3 rings (SSSR count).